The van der Waals surface area contributed by atoms with E-state index in [9.17, 15) is 19.2 Å². The Bertz CT molecular complexity index is 1560. The molecule has 0 N–H and O–H groups in total. The molecule has 3 amide bonds. The van der Waals surface area contributed by atoms with Gasteiger partial charge in [-0.2, -0.15) is 0 Å². The van der Waals surface area contributed by atoms with E-state index in [4.69, 9.17) is 24.0 Å². The van der Waals surface area contributed by atoms with Crippen molar-refractivity contribution in [1.82, 2.24) is 19.5 Å². The third-order valence-electron chi connectivity index (χ3n) is 6.68. The molecule has 2 aromatic carbocycles. The largest absolute Gasteiger partial charge is 0.491 e. The molecule has 2 aliphatic rings. The van der Waals surface area contributed by atoms with Crippen LogP contribution in [0.25, 0.3) is 11.4 Å². The van der Waals surface area contributed by atoms with Crippen LogP contribution in [0.15, 0.2) is 48.5 Å². The number of fused-ring (bicyclic) bond motifs is 2. The Kier molecular flexibility index (Phi) is 8.21. The molecule has 0 bridgehead atoms. The molecule has 0 spiro atoms. The van der Waals surface area contributed by atoms with Crippen molar-refractivity contribution in [2.75, 3.05) is 19.8 Å². The van der Waals surface area contributed by atoms with Crippen LogP contribution in [-0.4, -0.2) is 74.5 Å². The van der Waals surface area contributed by atoms with Gasteiger partial charge in [0, 0.05) is 18.5 Å². The number of imidazole rings is 1. The van der Waals surface area contributed by atoms with Crippen LogP contribution in [0.5, 0.6) is 5.75 Å². The van der Waals surface area contributed by atoms with Gasteiger partial charge in [0.15, 0.2) is 0 Å². The lowest BCUT2D eigenvalue weighted by molar-refractivity contribution is -0.0976. The Morgan fingerprint density at radius 1 is 0.818 bits per heavy atom. The number of hydrogen-bond acceptors (Lipinski definition) is 9. The Hall–Kier alpha value is -4.71. The van der Waals surface area contributed by atoms with E-state index in [0.717, 1.165) is 5.06 Å². The van der Waals surface area contributed by atoms with Crippen LogP contribution in [0.3, 0.4) is 0 Å². The second-order valence-corrected chi connectivity index (χ2v) is 12.5. The van der Waals surface area contributed by atoms with Gasteiger partial charge in [0.05, 0.1) is 29.1 Å². The first-order chi connectivity index (χ1) is 20.7. The number of carbonyl (C=O) groups is 4. The monoisotopic (exact) mass is 604 g/mol. The van der Waals surface area contributed by atoms with E-state index in [1.165, 1.54) is 4.57 Å². The molecule has 3 aromatic rings. The van der Waals surface area contributed by atoms with Gasteiger partial charge in [-0.05, 0) is 77.9 Å². The minimum Gasteiger partial charge on any atom is -0.491 e. The molecular formula is C32H36N4O8. The summed E-state index contributed by atoms with van der Waals surface area (Å²) < 4.78 is 18.4. The number of nitrogens with zero attached hydrogens (tertiary/aromatic N) is 4. The average Bonchev–Trinajstić information content (AvgIpc) is 3.44. The molecular weight excluding hydrogens is 568 g/mol. The summed E-state index contributed by atoms with van der Waals surface area (Å²) in [7, 11) is 0. The van der Waals surface area contributed by atoms with Crippen LogP contribution in [-0.2, 0) is 27.3 Å². The molecule has 1 aromatic heterocycles. The molecule has 3 heterocycles. The van der Waals surface area contributed by atoms with E-state index in [2.05, 4.69) is 0 Å². The van der Waals surface area contributed by atoms with Crippen LogP contribution < -0.4 is 4.74 Å². The number of amides is 3. The van der Waals surface area contributed by atoms with Crippen molar-refractivity contribution < 1.29 is 38.2 Å². The number of imide groups is 1. The molecule has 0 fully saturated rings. The Balaban J connectivity index is 1.28. The summed E-state index contributed by atoms with van der Waals surface area (Å²) >= 11 is 0. The number of ether oxygens (including phenoxy) is 3. The molecule has 0 atom stereocenters. The lowest BCUT2D eigenvalue weighted by atomic mass is 10.1. The van der Waals surface area contributed by atoms with Crippen molar-refractivity contribution in [2.24, 2.45) is 0 Å². The minimum atomic E-state index is -0.752. The van der Waals surface area contributed by atoms with Crippen molar-refractivity contribution >= 4 is 24.0 Å². The zero-order chi connectivity index (χ0) is 31.8. The highest BCUT2D eigenvalue weighted by atomic mass is 16.7. The Morgan fingerprint density at radius 2 is 1.41 bits per heavy atom. The van der Waals surface area contributed by atoms with Crippen LogP contribution in [0, 0.1) is 0 Å². The highest BCUT2D eigenvalue weighted by Gasteiger charge is 2.37. The van der Waals surface area contributed by atoms with Gasteiger partial charge in [0.25, 0.3) is 11.8 Å². The highest BCUT2D eigenvalue weighted by Crippen LogP contribution is 2.30. The van der Waals surface area contributed by atoms with Crippen molar-refractivity contribution in [3.8, 4) is 17.1 Å². The predicted molar refractivity (Wildman–Crippen MR) is 158 cm³/mol. The molecule has 12 heteroatoms. The van der Waals surface area contributed by atoms with Crippen LogP contribution in [0.1, 0.15) is 73.6 Å². The first-order valence-corrected chi connectivity index (χ1v) is 14.4. The molecule has 5 rings (SSSR count). The fraction of sp³-hybridized carbons (Fsp3) is 0.406. The smallest absolute Gasteiger partial charge is 0.420 e. The summed E-state index contributed by atoms with van der Waals surface area (Å²) in [6, 6.07) is 13.5. The molecule has 44 heavy (non-hydrogen) atoms. The molecule has 0 saturated heterocycles. The van der Waals surface area contributed by atoms with Crippen molar-refractivity contribution in [3.63, 3.8) is 0 Å². The van der Waals surface area contributed by atoms with Gasteiger partial charge in [0.1, 0.15) is 36.0 Å². The van der Waals surface area contributed by atoms with E-state index in [1.54, 1.807) is 95.0 Å². The van der Waals surface area contributed by atoms with Crippen molar-refractivity contribution in [1.29, 1.82) is 0 Å². The molecule has 232 valence electrons. The quantitative estimate of drug-likeness (QED) is 0.274. The van der Waals surface area contributed by atoms with Gasteiger partial charge in [-0.1, -0.05) is 12.1 Å². The van der Waals surface area contributed by atoms with Crippen LogP contribution in [0.4, 0.5) is 9.59 Å². The van der Waals surface area contributed by atoms with E-state index in [0.29, 0.717) is 52.6 Å². The van der Waals surface area contributed by atoms with Gasteiger partial charge in [-0.15, -0.1) is 5.06 Å². The summed E-state index contributed by atoms with van der Waals surface area (Å²) in [6.45, 7) is 11.4. The first kappa shape index (κ1) is 30.7. The molecule has 0 aliphatic carbocycles. The number of hydrogen-bond donors (Lipinski definition) is 0. The second-order valence-electron chi connectivity index (χ2n) is 12.5. The molecule has 2 aliphatic heterocycles. The standard InChI is InChI=1S/C32H36N4O8/c1-31(2,3)43-29(39)34-16-15-24-25(19-34)35(30(40)44-32(4,5)6)26(33-24)20-11-13-21(14-12-20)41-17-18-42-36-27(37)22-9-7-8-10-23(22)28(36)38/h7-14H,15-19H2,1-6H3. The maximum atomic E-state index is 13.4. The topological polar surface area (TPSA) is 129 Å². The zero-order valence-electron chi connectivity index (χ0n) is 25.7. The highest BCUT2D eigenvalue weighted by molar-refractivity contribution is 6.20. The van der Waals surface area contributed by atoms with Gasteiger partial charge < -0.3 is 19.1 Å². The molecule has 0 unspecified atom stereocenters. The fourth-order valence-electron chi connectivity index (χ4n) is 4.82. The average molecular weight is 605 g/mol. The van der Waals surface area contributed by atoms with Gasteiger partial charge in [-0.3, -0.25) is 14.4 Å². The predicted octanol–water partition coefficient (Wildman–Crippen LogP) is 5.23. The van der Waals surface area contributed by atoms with E-state index in [1.807, 2.05) is 0 Å². The fourth-order valence-corrected chi connectivity index (χ4v) is 4.82. The summed E-state index contributed by atoms with van der Waals surface area (Å²) in [6.07, 6.45) is -0.612. The van der Waals surface area contributed by atoms with E-state index < -0.39 is 35.2 Å². The first-order valence-electron chi connectivity index (χ1n) is 14.4. The lowest BCUT2D eigenvalue weighted by Crippen LogP contribution is -2.41. The van der Waals surface area contributed by atoms with Gasteiger partial charge in [0.2, 0.25) is 0 Å². The molecule has 0 radical (unpaired) electrons. The Labute approximate surface area is 255 Å². The maximum absolute atomic E-state index is 13.4. The Morgan fingerprint density at radius 3 is 2.00 bits per heavy atom. The van der Waals surface area contributed by atoms with E-state index in [-0.39, 0.29) is 19.8 Å². The number of rotatable bonds is 6. The van der Waals surface area contributed by atoms with E-state index >= 15 is 0 Å². The summed E-state index contributed by atoms with van der Waals surface area (Å²) in [5.74, 6) is -0.119. The normalized spacial score (nSPS) is 14.8. The molecule has 12 nitrogen and oxygen atoms in total. The lowest BCUT2D eigenvalue weighted by Gasteiger charge is -2.30. The number of carbonyl (C=O) groups excluding carboxylic acids is 4. The number of benzene rings is 2. The van der Waals surface area contributed by atoms with Gasteiger partial charge in [-0.25, -0.2) is 19.1 Å². The van der Waals surface area contributed by atoms with Crippen molar-refractivity contribution in [2.45, 2.75) is 65.7 Å². The second kappa shape index (κ2) is 11.8. The van der Waals surface area contributed by atoms with Crippen molar-refractivity contribution in [3.05, 3.63) is 71.0 Å². The third-order valence-corrected chi connectivity index (χ3v) is 6.68. The maximum Gasteiger partial charge on any atom is 0.420 e. The van der Waals surface area contributed by atoms with Crippen LogP contribution >= 0.6 is 0 Å². The minimum absolute atomic E-state index is 0.0306. The number of hydroxylamine groups is 2. The van der Waals surface area contributed by atoms with Gasteiger partial charge >= 0.3 is 12.2 Å². The third kappa shape index (κ3) is 6.60. The SMILES string of the molecule is CC(C)(C)OC(=O)N1CCc2nc(-c3ccc(OCCON4C(=O)c5ccccc5C4=O)cc3)n(C(=O)OC(C)(C)C)c2C1. The number of aromatic nitrogens is 2. The zero-order valence-corrected chi connectivity index (χ0v) is 25.7. The summed E-state index contributed by atoms with van der Waals surface area (Å²) in [5, 5.41) is 0.749. The van der Waals surface area contributed by atoms with Crippen LogP contribution in [0.2, 0.25) is 0 Å². The summed E-state index contributed by atoms with van der Waals surface area (Å²) in [5.41, 5.74) is 1.12. The molecule has 0 saturated carbocycles. The summed E-state index contributed by atoms with van der Waals surface area (Å²) in [4.78, 5) is 62.9.